The van der Waals surface area contributed by atoms with Gasteiger partial charge in [0.15, 0.2) is 0 Å². The number of rotatable bonds is 5. The Balaban J connectivity index is 3.75. The molecule has 12 heavy (non-hydrogen) atoms. The van der Waals surface area contributed by atoms with Crippen LogP contribution in [0.25, 0.3) is 0 Å². The van der Waals surface area contributed by atoms with Gasteiger partial charge in [0, 0.05) is 13.1 Å². The van der Waals surface area contributed by atoms with E-state index in [9.17, 15) is 5.11 Å². The van der Waals surface area contributed by atoms with Crippen LogP contribution in [0.15, 0.2) is 0 Å². The molecule has 0 rings (SSSR count). The van der Waals surface area contributed by atoms with E-state index in [0.29, 0.717) is 13.1 Å². The maximum atomic E-state index is 9.68. The van der Waals surface area contributed by atoms with Crippen LogP contribution in [0.5, 0.6) is 0 Å². The molecule has 0 saturated heterocycles. The van der Waals surface area contributed by atoms with Gasteiger partial charge < -0.3 is 15.1 Å². The lowest BCUT2D eigenvalue weighted by molar-refractivity contribution is 0.0134. The Labute approximate surface area is 75.0 Å². The van der Waals surface area contributed by atoms with Gasteiger partial charge in [-0.2, -0.15) is 0 Å². The lowest BCUT2D eigenvalue weighted by Crippen LogP contribution is -2.40. The van der Waals surface area contributed by atoms with Crippen LogP contribution in [0.1, 0.15) is 27.2 Å². The average Bonchev–Trinajstić information content (AvgIpc) is 1.84. The number of aliphatic hydroxyl groups is 2. The Bertz CT molecular complexity index is 124. The maximum absolute atomic E-state index is 9.68. The van der Waals surface area contributed by atoms with Crippen molar-refractivity contribution in [2.24, 2.45) is 0 Å². The van der Waals surface area contributed by atoms with Gasteiger partial charge in [-0.15, -0.1) is 0 Å². The predicted octanol–water partition coefficient (Wildman–Crippen LogP) is 0.460. The molecule has 74 valence electrons. The van der Waals surface area contributed by atoms with Gasteiger partial charge in [0.2, 0.25) is 0 Å². The van der Waals surface area contributed by atoms with E-state index in [1.165, 1.54) is 0 Å². The molecule has 3 nitrogen and oxygen atoms in total. The lowest BCUT2D eigenvalue weighted by Gasteiger charge is -2.28. The zero-order valence-electron chi connectivity index (χ0n) is 8.54. The second-order valence-corrected chi connectivity index (χ2v) is 3.90. The minimum absolute atomic E-state index is 0.331. The fourth-order valence-corrected chi connectivity index (χ4v) is 1.21. The van der Waals surface area contributed by atoms with Crippen molar-refractivity contribution in [3.05, 3.63) is 0 Å². The Hall–Kier alpha value is -0.120. The highest BCUT2D eigenvalue weighted by Gasteiger charge is 2.20. The monoisotopic (exact) mass is 175 g/mol. The van der Waals surface area contributed by atoms with Crippen LogP contribution < -0.4 is 0 Å². The van der Waals surface area contributed by atoms with E-state index in [4.69, 9.17) is 5.11 Å². The number of hydrogen-bond donors (Lipinski definition) is 2. The molecule has 0 aliphatic rings. The fourth-order valence-electron chi connectivity index (χ4n) is 1.21. The Morgan fingerprint density at radius 1 is 1.50 bits per heavy atom. The van der Waals surface area contributed by atoms with Crippen LogP contribution in [0, 0.1) is 0 Å². The van der Waals surface area contributed by atoms with Crippen LogP contribution in [-0.2, 0) is 0 Å². The highest BCUT2D eigenvalue weighted by Crippen LogP contribution is 2.09. The fraction of sp³-hybridized carbons (Fsp3) is 1.00. The quantitative estimate of drug-likeness (QED) is 0.638. The summed E-state index contributed by atoms with van der Waals surface area (Å²) in [6.07, 6.45) is 0.402. The normalized spacial score (nSPS) is 19.2. The molecule has 0 amide bonds. The molecule has 2 N–H and O–H groups in total. The van der Waals surface area contributed by atoms with Crippen LogP contribution in [0.4, 0.5) is 0 Å². The summed E-state index contributed by atoms with van der Waals surface area (Å²) in [4.78, 5) is 1.94. The highest BCUT2D eigenvalue weighted by atomic mass is 16.3. The zero-order chi connectivity index (χ0) is 9.78. The molecule has 0 saturated carbocycles. The summed E-state index contributed by atoms with van der Waals surface area (Å²) in [5.41, 5.74) is -0.635. The van der Waals surface area contributed by atoms with E-state index in [-0.39, 0.29) is 6.10 Å². The van der Waals surface area contributed by atoms with Crippen molar-refractivity contribution in [2.45, 2.75) is 38.9 Å². The van der Waals surface area contributed by atoms with Crippen molar-refractivity contribution in [1.82, 2.24) is 4.90 Å². The third kappa shape index (κ3) is 5.52. The summed E-state index contributed by atoms with van der Waals surface area (Å²) in [6.45, 7) is 6.73. The third-order valence-electron chi connectivity index (χ3n) is 1.95. The van der Waals surface area contributed by atoms with E-state index in [1.54, 1.807) is 6.92 Å². The van der Waals surface area contributed by atoms with Gasteiger partial charge in [-0.1, -0.05) is 6.92 Å². The summed E-state index contributed by atoms with van der Waals surface area (Å²) >= 11 is 0. The van der Waals surface area contributed by atoms with Crippen LogP contribution in [-0.4, -0.2) is 47.0 Å². The van der Waals surface area contributed by atoms with E-state index < -0.39 is 5.60 Å². The minimum atomic E-state index is -0.635. The lowest BCUT2D eigenvalue weighted by atomic mass is 10.0. The topological polar surface area (TPSA) is 43.7 Å². The molecule has 2 atom stereocenters. The van der Waals surface area contributed by atoms with Crippen LogP contribution >= 0.6 is 0 Å². The Morgan fingerprint density at radius 2 is 2.00 bits per heavy atom. The molecule has 0 aliphatic heterocycles. The van der Waals surface area contributed by atoms with Crippen molar-refractivity contribution < 1.29 is 10.2 Å². The molecule has 0 spiro atoms. The zero-order valence-corrected chi connectivity index (χ0v) is 8.54. The van der Waals surface area contributed by atoms with Gasteiger partial charge in [0.25, 0.3) is 0 Å². The largest absolute Gasteiger partial charge is 0.392 e. The molecule has 0 aliphatic carbocycles. The molecule has 0 fully saturated rings. The Morgan fingerprint density at radius 3 is 2.33 bits per heavy atom. The molecule has 0 aromatic heterocycles. The van der Waals surface area contributed by atoms with Crippen LogP contribution in [0.2, 0.25) is 0 Å². The summed E-state index contributed by atoms with van der Waals surface area (Å²) in [5.74, 6) is 0. The first-order valence-corrected chi connectivity index (χ1v) is 4.46. The van der Waals surface area contributed by atoms with E-state index in [0.717, 1.165) is 6.42 Å². The van der Waals surface area contributed by atoms with Gasteiger partial charge in [-0.05, 0) is 27.3 Å². The van der Waals surface area contributed by atoms with Crippen molar-refractivity contribution in [1.29, 1.82) is 0 Å². The first kappa shape index (κ1) is 11.9. The third-order valence-corrected chi connectivity index (χ3v) is 1.95. The van der Waals surface area contributed by atoms with E-state index in [1.807, 2.05) is 25.8 Å². The van der Waals surface area contributed by atoms with Gasteiger partial charge in [0.05, 0.1) is 11.7 Å². The SMILES string of the molecule is CCC(C)(O)CN(C)CC(C)O. The summed E-state index contributed by atoms with van der Waals surface area (Å²) in [6, 6.07) is 0. The van der Waals surface area contributed by atoms with E-state index >= 15 is 0 Å². The van der Waals surface area contributed by atoms with E-state index in [2.05, 4.69) is 0 Å². The Kier molecular flexibility index (Phi) is 4.75. The summed E-state index contributed by atoms with van der Waals surface area (Å²) in [7, 11) is 1.90. The molecule has 0 heterocycles. The predicted molar refractivity (Wildman–Crippen MR) is 50.1 cm³/mol. The van der Waals surface area contributed by atoms with Crippen LogP contribution in [0.3, 0.4) is 0 Å². The smallest absolute Gasteiger partial charge is 0.0743 e. The van der Waals surface area contributed by atoms with Crippen molar-refractivity contribution in [3.63, 3.8) is 0 Å². The summed E-state index contributed by atoms with van der Waals surface area (Å²) < 4.78 is 0. The molecule has 2 unspecified atom stereocenters. The second kappa shape index (κ2) is 4.80. The molecule has 3 heteroatoms. The second-order valence-electron chi connectivity index (χ2n) is 3.90. The number of aliphatic hydroxyl groups excluding tert-OH is 1. The standard InChI is InChI=1S/C9H21NO2/c1-5-9(3,12)7-10(4)6-8(2)11/h8,11-12H,5-7H2,1-4H3. The molecule has 0 radical (unpaired) electrons. The van der Waals surface area contributed by atoms with Crippen molar-refractivity contribution >= 4 is 0 Å². The summed E-state index contributed by atoms with van der Waals surface area (Å²) in [5, 5.41) is 18.8. The molecule has 0 aromatic rings. The van der Waals surface area contributed by atoms with Crippen molar-refractivity contribution in [3.8, 4) is 0 Å². The molecular formula is C9H21NO2. The molecule has 0 aromatic carbocycles. The van der Waals surface area contributed by atoms with Gasteiger partial charge >= 0.3 is 0 Å². The first-order valence-electron chi connectivity index (χ1n) is 4.46. The average molecular weight is 175 g/mol. The highest BCUT2D eigenvalue weighted by molar-refractivity contribution is 4.74. The maximum Gasteiger partial charge on any atom is 0.0743 e. The minimum Gasteiger partial charge on any atom is -0.392 e. The van der Waals surface area contributed by atoms with Gasteiger partial charge in [0.1, 0.15) is 0 Å². The number of likely N-dealkylation sites (N-methyl/N-ethyl adjacent to an activating group) is 1. The van der Waals surface area contributed by atoms with Crippen molar-refractivity contribution in [2.75, 3.05) is 20.1 Å². The number of hydrogen-bond acceptors (Lipinski definition) is 3. The molecular weight excluding hydrogens is 154 g/mol. The molecule has 0 bridgehead atoms. The first-order chi connectivity index (χ1) is 5.37. The van der Waals surface area contributed by atoms with Gasteiger partial charge in [-0.25, -0.2) is 0 Å². The van der Waals surface area contributed by atoms with Gasteiger partial charge in [-0.3, -0.25) is 0 Å². The number of nitrogens with zero attached hydrogens (tertiary/aromatic N) is 1.